The molecule has 0 aliphatic carbocycles. The van der Waals surface area contributed by atoms with Gasteiger partial charge in [-0.2, -0.15) is 16.8 Å². The number of allylic oxidation sites excluding steroid dienone is 2. The van der Waals surface area contributed by atoms with Gasteiger partial charge in [0.15, 0.2) is 0 Å². The maximum absolute atomic E-state index is 12.0. The van der Waals surface area contributed by atoms with Crippen LogP contribution >= 0.6 is 0 Å². The summed E-state index contributed by atoms with van der Waals surface area (Å²) in [4.78, 5) is 0.188. The van der Waals surface area contributed by atoms with E-state index in [2.05, 4.69) is 0 Å². The van der Waals surface area contributed by atoms with E-state index in [9.17, 15) is 16.8 Å². The summed E-state index contributed by atoms with van der Waals surface area (Å²) in [7, 11) is -7.61. The molecule has 0 spiro atoms. The fourth-order valence-corrected chi connectivity index (χ4v) is 3.80. The van der Waals surface area contributed by atoms with Crippen LogP contribution in [0.2, 0.25) is 0 Å². The van der Waals surface area contributed by atoms with Gasteiger partial charge in [0, 0.05) is 0 Å². The Kier molecular flexibility index (Phi) is 7.70. The van der Waals surface area contributed by atoms with E-state index in [1.165, 1.54) is 36.4 Å². The van der Waals surface area contributed by atoms with E-state index in [4.69, 9.17) is 8.37 Å². The molecular weight excluding hydrogens is 400 g/mol. The van der Waals surface area contributed by atoms with Crippen molar-refractivity contribution in [1.82, 2.24) is 0 Å². The summed E-state index contributed by atoms with van der Waals surface area (Å²) >= 11 is 0. The molecule has 0 heterocycles. The van der Waals surface area contributed by atoms with Crippen LogP contribution in [0.1, 0.15) is 11.1 Å². The number of rotatable bonds is 9. The molecule has 0 unspecified atom stereocenters. The normalized spacial score (nSPS) is 12.8. The highest BCUT2D eigenvalue weighted by atomic mass is 32.2. The van der Waals surface area contributed by atoms with E-state index in [1.54, 1.807) is 36.4 Å². The Morgan fingerprint density at radius 1 is 0.643 bits per heavy atom. The predicted octanol–water partition coefficient (Wildman–Crippen LogP) is 3.53. The third kappa shape index (κ3) is 6.72. The Morgan fingerprint density at radius 2 is 0.964 bits per heavy atom. The van der Waals surface area contributed by atoms with Crippen LogP contribution in [0.25, 0.3) is 0 Å². The molecule has 8 heteroatoms. The van der Waals surface area contributed by atoms with E-state index in [0.717, 1.165) is 11.1 Å². The molecule has 2 aromatic carbocycles. The standard InChI is InChI=1S/C20H22O6S2/c1-17-7-11-19(12-8-17)27(21,22)25-15-5-3-4-6-16-26-28(23,24)20-13-9-18(2)10-14-20/h3-14H,15-16H2,1-2H3. The third-order valence-electron chi connectivity index (χ3n) is 3.64. The topological polar surface area (TPSA) is 86.7 Å². The summed E-state index contributed by atoms with van der Waals surface area (Å²) in [6, 6.07) is 12.7. The van der Waals surface area contributed by atoms with Crippen LogP contribution in [0, 0.1) is 13.8 Å². The highest BCUT2D eigenvalue weighted by Crippen LogP contribution is 2.14. The fraction of sp³-hybridized carbons (Fsp3) is 0.200. The lowest BCUT2D eigenvalue weighted by atomic mass is 10.2. The molecular formula is C20H22O6S2. The van der Waals surface area contributed by atoms with Crippen molar-refractivity contribution < 1.29 is 25.2 Å². The average molecular weight is 423 g/mol. The Hall–Kier alpha value is -2.26. The van der Waals surface area contributed by atoms with Gasteiger partial charge in [0.2, 0.25) is 0 Å². The lowest BCUT2D eigenvalue weighted by molar-refractivity contribution is 0.355. The van der Waals surface area contributed by atoms with E-state index < -0.39 is 20.2 Å². The van der Waals surface area contributed by atoms with Crippen molar-refractivity contribution >= 4 is 20.2 Å². The van der Waals surface area contributed by atoms with E-state index in [-0.39, 0.29) is 23.0 Å². The smallest absolute Gasteiger partial charge is 0.262 e. The maximum atomic E-state index is 12.0. The SMILES string of the molecule is Cc1ccc(S(=O)(=O)OCC=CC=CCOS(=O)(=O)c2ccc(C)cc2)cc1. The van der Waals surface area contributed by atoms with Gasteiger partial charge in [0.1, 0.15) is 0 Å². The second-order valence-corrected chi connectivity index (χ2v) is 9.19. The first kappa shape index (κ1) is 22.0. The van der Waals surface area contributed by atoms with E-state index in [1.807, 2.05) is 13.8 Å². The van der Waals surface area contributed by atoms with Gasteiger partial charge in [-0.3, -0.25) is 8.37 Å². The second-order valence-electron chi connectivity index (χ2n) is 5.96. The molecule has 0 amide bonds. The second kappa shape index (κ2) is 9.79. The summed E-state index contributed by atoms with van der Waals surface area (Å²) in [5, 5.41) is 0. The molecule has 0 aromatic heterocycles. The summed E-state index contributed by atoms with van der Waals surface area (Å²) < 4.78 is 57.8. The zero-order chi connectivity index (χ0) is 20.6. The lowest BCUT2D eigenvalue weighted by Crippen LogP contribution is -2.06. The first-order chi connectivity index (χ1) is 13.2. The minimum absolute atomic E-state index is 0.0942. The molecule has 2 aromatic rings. The molecule has 6 nitrogen and oxygen atoms in total. The monoisotopic (exact) mass is 422 g/mol. The first-order valence-electron chi connectivity index (χ1n) is 8.44. The van der Waals surface area contributed by atoms with E-state index >= 15 is 0 Å². The molecule has 150 valence electrons. The molecule has 28 heavy (non-hydrogen) atoms. The molecule has 2 rings (SSSR count). The van der Waals surface area contributed by atoms with Gasteiger partial charge >= 0.3 is 0 Å². The average Bonchev–Trinajstić information content (AvgIpc) is 2.64. The van der Waals surface area contributed by atoms with E-state index in [0.29, 0.717) is 0 Å². The molecule has 0 saturated heterocycles. The Balaban J connectivity index is 1.77. The number of benzene rings is 2. The van der Waals surface area contributed by atoms with Crippen molar-refractivity contribution in [1.29, 1.82) is 0 Å². The summed E-state index contributed by atoms with van der Waals surface area (Å²) in [6.45, 7) is 3.45. The van der Waals surface area contributed by atoms with Crippen LogP contribution in [0.3, 0.4) is 0 Å². The van der Waals surface area contributed by atoms with Gasteiger partial charge in [-0.25, -0.2) is 0 Å². The zero-order valence-electron chi connectivity index (χ0n) is 15.6. The van der Waals surface area contributed by atoms with Gasteiger partial charge < -0.3 is 0 Å². The van der Waals surface area contributed by atoms with Crippen molar-refractivity contribution in [3.8, 4) is 0 Å². The van der Waals surface area contributed by atoms with Gasteiger partial charge in [-0.1, -0.05) is 59.7 Å². The zero-order valence-corrected chi connectivity index (χ0v) is 17.2. The highest BCUT2D eigenvalue weighted by Gasteiger charge is 2.14. The Labute approximate surface area is 166 Å². The van der Waals surface area contributed by atoms with Gasteiger partial charge in [-0.15, -0.1) is 0 Å². The highest BCUT2D eigenvalue weighted by molar-refractivity contribution is 7.87. The molecule has 0 aliphatic heterocycles. The number of hydrogen-bond donors (Lipinski definition) is 0. The maximum Gasteiger partial charge on any atom is 0.297 e. The quantitative estimate of drug-likeness (QED) is 0.454. The number of hydrogen-bond acceptors (Lipinski definition) is 6. The molecule has 0 saturated carbocycles. The van der Waals surface area contributed by atoms with Crippen molar-refractivity contribution in [3.63, 3.8) is 0 Å². The molecule has 0 N–H and O–H groups in total. The van der Waals surface area contributed by atoms with Crippen LogP contribution in [0.4, 0.5) is 0 Å². The fourth-order valence-electron chi connectivity index (χ4n) is 2.07. The summed E-state index contributed by atoms with van der Waals surface area (Å²) in [6.07, 6.45) is 6.09. The molecule has 0 atom stereocenters. The predicted molar refractivity (Wildman–Crippen MR) is 107 cm³/mol. The Morgan fingerprint density at radius 3 is 1.29 bits per heavy atom. The summed E-state index contributed by atoms with van der Waals surface area (Å²) in [5.74, 6) is 0. The van der Waals surface area contributed by atoms with Crippen LogP contribution in [0.15, 0.2) is 82.6 Å². The minimum atomic E-state index is -3.81. The molecule has 0 aliphatic rings. The lowest BCUT2D eigenvalue weighted by Gasteiger charge is -2.03. The minimum Gasteiger partial charge on any atom is -0.262 e. The van der Waals surface area contributed by atoms with Crippen molar-refractivity contribution in [2.45, 2.75) is 23.6 Å². The van der Waals surface area contributed by atoms with Crippen molar-refractivity contribution in [2.75, 3.05) is 13.2 Å². The van der Waals surface area contributed by atoms with Gasteiger partial charge in [0.25, 0.3) is 20.2 Å². The van der Waals surface area contributed by atoms with Crippen LogP contribution < -0.4 is 0 Å². The van der Waals surface area contributed by atoms with Crippen LogP contribution in [0.5, 0.6) is 0 Å². The molecule has 0 radical (unpaired) electrons. The molecule has 0 fully saturated rings. The van der Waals surface area contributed by atoms with Crippen LogP contribution in [-0.2, 0) is 28.6 Å². The third-order valence-corrected chi connectivity index (χ3v) is 6.23. The van der Waals surface area contributed by atoms with Crippen molar-refractivity contribution in [2.24, 2.45) is 0 Å². The Bertz CT molecular complexity index is 945. The van der Waals surface area contributed by atoms with Crippen LogP contribution in [-0.4, -0.2) is 30.0 Å². The van der Waals surface area contributed by atoms with Gasteiger partial charge in [-0.05, 0) is 38.1 Å². The van der Waals surface area contributed by atoms with Gasteiger partial charge in [0.05, 0.1) is 23.0 Å². The van der Waals surface area contributed by atoms with Crippen molar-refractivity contribution in [3.05, 3.63) is 84.0 Å². The summed E-state index contributed by atoms with van der Waals surface area (Å²) in [5.41, 5.74) is 1.91. The first-order valence-corrected chi connectivity index (χ1v) is 11.3. The molecule has 0 bridgehead atoms. The number of aryl methyl sites for hydroxylation is 2. The largest absolute Gasteiger partial charge is 0.297 e.